The first kappa shape index (κ1) is 30.7. The highest BCUT2D eigenvalue weighted by Gasteiger charge is 2.20. The summed E-state index contributed by atoms with van der Waals surface area (Å²) >= 11 is 0. The maximum absolute atomic E-state index is 6.23. The summed E-state index contributed by atoms with van der Waals surface area (Å²) in [6, 6.07) is 73.4. The largest absolute Gasteiger partial charge is 0.456 e. The molecule has 0 spiro atoms. The number of para-hydroxylation sites is 4. The SMILES string of the molecule is c1ccc(N(c2ccccc2)c2ccc(-c3ccc4c(N(c5ccccc5)c5ccc6oc7ccccc7c6c5)cc5ccccc5c4c3)cc2)cc1. The van der Waals surface area contributed by atoms with Crippen LogP contribution in [0.3, 0.4) is 0 Å². The molecule has 0 saturated heterocycles. The van der Waals surface area contributed by atoms with E-state index < -0.39 is 0 Å². The molecule has 0 aliphatic rings. The van der Waals surface area contributed by atoms with Crippen molar-refractivity contribution in [3.05, 3.63) is 206 Å². The van der Waals surface area contributed by atoms with Gasteiger partial charge in [0.05, 0.1) is 5.69 Å². The van der Waals surface area contributed by atoms with Crippen LogP contribution in [-0.2, 0) is 0 Å². The lowest BCUT2D eigenvalue weighted by atomic mass is 9.95. The third kappa shape index (κ3) is 5.47. The van der Waals surface area contributed by atoms with Crippen LogP contribution < -0.4 is 9.80 Å². The van der Waals surface area contributed by atoms with Gasteiger partial charge in [0.25, 0.3) is 0 Å². The van der Waals surface area contributed by atoms with Gasteiger partial charge in [-0.2, -0.15) is 0 Å². The van der Waals surface area contributed by atoms with E-state index in [-0.39, 0.29) is 0 Å². The number of rotatable bonds is 7. The highest BCUT2D eigenvalue weighted by molar-refractivity contribution is 6.16. The topological polar surface area (TPSA) is 19.6 Å². The zero-order valence-electron chi connectivity index (χ0n) is 28.9. The summed E-state index contributed by atoms with van der Waals surface area (Å²) < 4.78 is 6.23. The van der Waals surface area contributed by atoms with Crippen molar-refractivity contribution in [1.82, 2.24) is 0 Å². The maximum Gasteiger partial charge on any atom is 0.135 e. The zero-order valence-corrected chi connectivity index (χ0v) is 28.9. The van der Waals surface area contributed by atoms with Gasteiger partial charge in [-0.3, -0.25) is 0 Å². The fraction of sp³-hybridized carbons (Fsp3) is 0. The molecular formula is C50H34N2O. The Balaban J connectivity index is 1.12. The quantitative estimate of drug-likeness (QED) is 0.156. The molecule has 0 fully saturated rings. The number of benzene rings is 9. The molecule has 0 aliphatic heterocycles. The Morgan fingerprint density at radius 3 is 1.51 bits per heavy atom. The molecular weight excluding hydrogens is 645 g/mol. The number of fused-ring (bicyclic) bond motifs is 6. The van der Waals surface area contributed by atoms with Gasteiger partial charge in [-0.1, -0.05) is 121 Å². The monoisotopic (exact) mass is 678 g/mol. The highest BCUT2D eigenvalue weighted by atomic mass is 16.3. The Labute approximate surface area is 308 Å². The predicted molar refractivity (Wildman–Crippen MR) is 224 cm³/mol. The molecule has 3 heteroatoms. The minimum absolute atomic E-state index is 0.887. The Kier molecular flexibility index (Phi) is 7.47. The number of furan rings is 1. The van der Waals surface area contributed by atoms with Crippen molar-refractivity contribution in [1.29, 1.82) is 0 Å². The smallest absolute Gasteiger partial charge is 0.135 e. The van der Waals surface area contributed by atoms with Crippen molar-refractivity contribution in [2.75, 3.05) is 9.80 Å². The van der Waals surface area contributed by atoms with Crippen LogP contribution in [0, 0.1) is 0 Å². The molecule has 0 atom stereocenters. The van der Waals surface area contributed by atoms with Crippen molar-refractivity contribution in [2.45, 2.75) is 0 Å². The molecule has 3 nitrogen and oxygen atoms in total. The Hall–Kier alpha value is -7.10. The Morgan fingerprint density at radius 1 is 0.283 bits per heavy atom. The molecule has 53 heavy (non-hydrogen) atoms. The van der Waals surface area contributed by atoms with E-state index in [9.17, 15) is 0 Å². The highest BCUT2D eigenvalue weighted by Crippen LogP contribution is 2.45. The second-order valence-electron chi connectivity index (χ2n) is 13.4. The third-order valence-corrected chi connectivity index (χ3v) is 10.2. The lowest BCUT2D eigenvalue weighted by Gasteiger charge is -2.28. The first-order valence-corrected chi connectivity index (χ1v) is 18.0. The number of anilines is 6. The van der Waals surface area contributed by atoms with Gasteiger partial charge in [0, 0.05) is 44.6 Å². The van der Waals surface area contributed by atoms with Crippen LogP contribution in [0.1, 0.15) is 0 Å². The van der Waals surface area contributed by atoms with E-state index in [2.05, 4.69) is 204 Å². The molecule has 9 aromatic carbocycles. The van der Waals surface area contributed by atoms with E-state index >= 15 is 0 Å². The van der Waals surface area contributed by atoms with Crippen molar-refractivity contribution in [3.8, 4) is 11.1 Å². The van der Waals surface area contributed by atoms with Gasteiger partial charge in [-0.05, 0) is 112 Å². The van der Waals surface area contributed by atoms with Crippen LogP contribution in [0.4, 0.5) is 34.1 Å². The average molecular weight is 679 g/mol. The maximum atomic E-state index is 6.23. The molecule has 0 saturated carbocycles. The molecule has 0 bridgehead atoms. The fourth-order valence-electron chi connectivity index (χ4n) is 7.71. The van der Waals surface area contributed by atoms with E-state index in [4.69, 9.17) is 4.42 Å². The van der Waals surface area contributed by atoms with E-state index in [1.807, 2.05) is 12.1 Å². The predicted octanol–water partition coefficient (Wildman–Crippen LogP) is 14.5. The summed E-state index contributed by atoms with van der Waals surface area (Å²) in [6.45, 7) is 0. The van der Waals surface area contributed by atoms with Crippen molar-refractivity contribution >= 4 is 77.6 Å². The van der Waals surface area contributed by atoms with Gasteiger partial charge in [0.1, 0.15) is 11.2 Å². The van der Waals surface area contributed by atoms with E-state index in [1.165, 1.54) is 32.7 Å². The summed E-state index contributed by atoms with van der Waals surface area (Å²) in [5.41, 5.74) is 10.8. The minimum Gasteiger partial charge on any atom is -0.456 e. The van der Waals surface area contributed by atoms with E-state index in [0.717, 1.165) is 56.1 Å². The van der Waals surface area contributed by atoms with Gasteiger partial charge >= 0.3 is 0 Å². The number of nitrogens with zero attached hydrogens (tertiary/aromatic N) is 2. The Morgan fingerprint density at radius 2 is 0.811 bits per heavy atom. The van der Waals surface area contributed by atoms with Gasteiger partial charge in [0.2, 0.25) is 0 Å². The molecule has 0 amide bonds. The van der Waals surface area contributed by atoms with Crippen molar-refractivity contribution in [2.24, 2.45) is 0 Å². The van der Waals surface area contributed by atoms with Gasteiger partial charge < -0.3 is 14.2 Å². The van der Waals surface area contributed by atoms with Crippen LogP contribution in [-0.4, -0.2) is 0 Å². The molecule has 1 heterocycles. The van der Waals surface area contributed by atoms with Crippen LogP contribution in [0.15, 0.2) is 211 Å². The molecule has 1 aromatic heterocycles. The molecule has 0 unspecified atom stereocenters. The van der Waals surface area contributed by atoms with Crippen molar-refractivity contribution in [3.63, 3.8) is 0 Å². The molecule has 0 aliphatic carbocycles. The lowest BCUT2D eigenvalue weighted by Crippen LogP contribution is -2.10. The second kappa shape index (κ2) is 12.9. The summed E-state index contributed by atoms with van der Waals surface area (Å²) in [5, 5.41) is 7.04. The first-order valence-electron chi connectivity index (χ1n) is 18.0. The van der Waals surface area contributed by atoms with Crippen LogP contribution >= 0.6 is 0 Å². The number of hydrogen-bond donors (Lipinski definition) is 0. The summed E-state index contributed by atoms with van der Waals surface area (Å²) in [6.07, 6.45) is 0. The summed E-state index contributed by atoms with van der Waals surface area (Å²) in [5.74, 6) is 0. The first-order chi connectivity index (χ1) is 26.3. The molecule has 250 valence electrons. The Bertz CT molecular complexity index is 2840. The third-order valence-electron chi connectivity index (χ3n) is 10.2. The second-order valence-corrected chi connectivity index (χ2v) is 13.4. The molecule has 0 radical (unpaired) electrons. The van der Waals surface area contributed by atoms with Crippen LogP contribution in [0.5, 0.6) is 0 Å². The molecule has 0 N–H and O–H groups in total. The van der Waals surface area contributed by atoms with Gasteiger partial charge in [-0.15, -0.1) is 0 Å². The minimum atomic E-state index is 0.887. The van der Waals surface area contributed by atoms with Gasteiger partial charge in [0.15, 0.2) is 0 Å². The molecule has 10 aromatic rings. The summed E-state index contributed by atoms with van der Waals surface area (Å²) in [4.78, 5) is 4.68. The number of hydrogen-bond acceptors (Lipinski definition) is 3. The standard InChI is InChI=1S/C50H34N2O/c1-4-15-38(16-5-1)51(39-17-6-2-7-18-39)41-27-24-35(25-28-41)36-26-30-44-46(32-36)43-21-11-10-14-37(43)33-48(44)52(40-19-8-3-9-20-40)42-29-31-50-47(34-42)45-22-12-13-23-49(45)53-50/h1-34H. The van der Waals surface area contributed by atoms with Gasteiger partial charge in [-0.25, -0.2) is 0 Å². The van der Waals surface area contributed by atoms with E-state index in [0.29, 0.717) is 0 Å². The zero-order chi connectivity index (χ0) is 35.1. The summed E-state index contributed by atoms with van der Waals surface area (Å²) in [7, 11) is 0. The van der Waals surface area contributed by atoms with Crippen LogP contribution in [0.25, 0.3) is 54.6 Å². The normalized spacial score (nSPS) is 11.4. The average Bonchev–Trinajstić information content (AvgIpc) is 3.60. The van der Waals surface area contributed by atoms with Crippen molar-refractivity contribution < 1.29 is 4.42 Å². The van der Waals surface area contributed by atoms with Crippen LogP contribution in [0.2, 0.25) is 0 Å². The lowest BCUT2D eigenvalue weighted by molar-refractivity contribution is 0.669. The van der Waals surface area contributed by atoms with E-state index in [1.54, 1.807) is 0 Å². The fourth-order valence-corrected chi connectivity index (χ4v) is 7.71. The molecule has 10 rings (SSSR count).